The van der Waals surface area contributed by atoms with Crippen LogP contribution in [0.15, 0.2) is 42.0 Å². The van der Waals surface area contributed by atoms with Crippen molar-refractivity contribution in [3.63, 3.8) is 0 Å². The molecule has 0 bridgehead atoms. The monoisotopic (exact) mass is 1460 g/mol. The molecule has 578 valence electrons. The number of aliphatic hydroxyl groups excluding tert-OH is 12. The fourth-order valence-corrected chi connectivity index (χ4v) is 19.1. The Bertz CT molecular complexity index is 3260. The molecule has 0 spiro atoms. The van der Waals surface area contributed by atoms with Crippen LogP contribution in [0.5, 0.6) is 5.75 Å². The summed E-state index contributed by atoms with van der Waals surface area (Å²) in [4.78, 5) is 70.9. The molecule has 0 radical (unpaired) electrons. The second-order valence-electron chi connectivity index (χ2n) is 31.7. The molecule has 0 amide bonds. The van der Waals surface area contributed by atoms with Crippen molar-refractivity contribution in [3.05, 3.63) is 47.6 Å². The minimum atomic E-state index is -2.09. The average molecular weight is 1470 g/mol. The smallest absolute Gasteiger partial charge is 0.337 e. The van der Waals surface area contributed by atoms with Gasteiger partial charge in [-0.1, -0.05) is 65.3 Å². The Morgan fingerprint density at radius 2 is 1.23 bits per heavy atom. The van der Waals surface area contributed by atoms with Gasteiger partial charge in [0.05, 0.1) is 57.3 Å². The standard InChI is InChI=1S/C72H104O31/c1-31-45(79)48(82)51(85)62(93-31)102-59-57(95-33(3)75)54(98-44(78)19-14-34-12-15-35(90-10)16-13-34)32(2)94-64(59)103-66(89)72-25-24-67(4,5)26-37(72)36-17-18-41-68(6)22-21-43(69(7,30-74)40(68)20-23-70(41,8)71(36,9)27-42(72)77)97-65-58(101-63-52(86)49(83)47(81)39(28-73)96-63)55(53(87)56(100-65)60(88)91-11)99-61-50(84)46(80)38(76)29-92-61/h12-17,19,30-32,37-43,45-59,61-65,73,76-77,79-87H,18,20-29H2,1-11H3/t31-,32-,37-,38+,39+,40+,41-,42+,43-,45-,46+,47+,48-,49-,50+,51-,52+,53-,54-,55+,56+,57+,58-,59+,61-,62+,63-,64+,65-,68+,69+,70-,71+,72+/m1/s1. The fourth-order valence-electron chi connectivity index (χ4n) is 19.1. The highest BCUT2D eigenvalue weighted by atomic mass is 16.8. The molecule has 9 fully saturated rings. The van der Waals surface area contributed by atoms with Gasteiger partial charge < -0.3 is 132 Å². The molecule has 10 aliphatic rings. The Hall–Kier alpha value is -4.79. The molecule has 0 unspecified atom stereocenters. The molecule has 31 heteroatoms. The van der Waals surface area contributed by atoms with E-state index < -0.39 is 241 Å². The zero-order valence-electron chi connectivity index (χ0n) is 59.8. The third-order valence-electron chi connectivity index (χ3n) is 25.2. The second kappa shape index (κ2) is 30.3. The number of allylic oxidation sites excluding steroid dienone is 2. The van der Waals surface area contributed by atoms with E-state index in [9.17, 15) is 80.5 Å². The van der Waals surface area contributed by atoms with Crippen molar-refractivity contribution in [3.8, 4) is 5.75 Å². The fraction of sp³-hybridized carbons (Fsp3) is 0.792. The number of carbonyl (C=O) groups excluding carboxylic acids is 5. The van der Waals surface area contributed by atoms with Crippen molar-refractivity contribution >= 4 is 36.2 Å². The van der Waals surface area contributed by atoms with Gasteiger partial charge in [0.1, 0.15) is 96.8 Å². The molecule has 34 atom stereocenters. The van der Waals surface area contributed by atoms with Gasteiger partial charge in [-0.2, -0.15) is 0 Å². The van der Waals surface area contributed by atoms with Crippen LogP contribution in [0.1, 0.15) is 126 Å². The van der Waals surface area contributed by atoms with Gasteiger partial charge in [0.25, 0.3) is 0 Å². The molecule has 31 nitrogen and oxygen atoms in total. The molecule has 5 saturated heterocycles. The largest absolute Gasteiger partial charge is 0.497 e. The lowest BCUT2D eigenvalue weighted by atomic mass is 9.33. The SMILES string of the molecule is COC(=O)[C@H]1O[C@@H](O[C@@H]2CC[C@@]3(C)[C@H](CC[C@]4(C)[C@@H]3CC=C3[C@H]5CC(C)(C)CC[C@@]5(C(=O)O[C@@H]5O[C@H](C)[C@@H](OC(=O)C=Cc6ccc(OC)cc6)[C@H](OC(C)=O)[C@@H]5O[C@@H]5O[C@H](C)[C@@H](O)[C@@H](O)[C@H]5O)[C@@H](O)C[C@@]34C)[C@]2(C)C=O)[C@H](O[C@H]2O[C@@H](CO)[C@H](O)[C@@H](O)[C@@H]2O)[C@@H](O[C@H]2OC[C@H](O)[C@H](O)[C@@H]2O)[C@H]1O. The summed E-state index contributed by atoms with van der Waals surface area (Å²) in [6.07, 6.45) is -36.3. The molecule has 5 heterocycles. The third kappa shape index (κ3) is 14.2. The number of hydrogen-bond acceptors (Lipinski definition) is 31. The van der Waals surface area contributed by atoms with Crippen molar-refractivity contribution < 1.29 is 152 Å². The zero-order chi connectivity index (χ0) is 75.1. The second-order valence-corrected chi connectivity index (χ2v) is 31.7. The maximum absolute atomic E-state index is 16.0. The van der Waals surface area contributed by atoms with Crippen molar-refractivity contribution in [1.82, 2.24) is 0 Å². The summed E-state index contributed by atoms with van der Waals surface area (Å²) >= 11 is 0. The van der Waals surface area contributed by atoms with Crippen LogP contribution in [-0.4, -0.2) is 279 Å². The molecule has 103 heavy (non-hydrogen) atoms. The first-order chi connectivity index (χ1) is 48.5. The predicted octanol–water partition coefficient (Wildman–Crippen LogP) is -0.343. The van der Waals surface area contributed by atoms with E-state index >= 15 is 4.79 Å². The van der Waals surface area contributed by atoms with Gasteiger partial charge in [-0.25, -0.2) is 9.59 Å². The van der Waals surface area contributed by atoms with Crippen LogP contribution >= 0.6 is 0 Å². The van der Waals surface area contributed by atoms with Crippen LogP contribution in [0.25, 0.3) is 6.08 Å². The van der Waals surface area contributed by atoms with Crippen molar-refractivity contribution in [2.24, 2.45) is 50.2 Å². The van der Waals surface area contributed by atoms with E-state index in [0.717, 1.165) is 32.0 Å². The van der Waals surface area contributed by atoms with Gasteiger partial charge in [-0.3, -0.25) is 9.59 Å². The highest BCUT2D eigenvalue weighted by molar-refractivity contribution is 5.87. The van der Waals surface area contributed by atoms with Gasteiger partial charge in [-0.15, -0.1) is 0 Å². The molecule has 1 aromatic carbocycles. The van der Waals surface area contributed by atoms with Crippen molar-refractivity contribution in [2.45, 2.75) is 280 Å². The number of methoxy groups -OCH3 is 2. The summed E-state index contributed by atoms with van der Waals surface area (Å²) in [6.45, 7) is 15.0. The molecular formula is C72H104O31. The number of aliphatic hydroxyl groups is 12. The predicted molar refractivity (Wildman–Crippen MR) is 349 cm³/mol. The number of aldehydes is 1. The van der Waals surface area contributed by atoms with Crippen molar-refractivity contribution in [1.29, 1.82) is 0 Å². The van der Waals surface area contributed by atoms with E-state index in [4.69, 9.17) is 66.3 Å². The Morgan fingerprint density at radius 3 is 1.87 bits per heavy atom. The number of hydrogen-bond donors (Lipinski definition) is 12. The Kier molecular flexibility index (Phi) is 23.3. The maximum Gasteiger partial charge on any atom is 0.337 e. The summed E-state index contributed by atoms with van der Waals surface area (Å²) < 4.78 is 84.4. The first-order valence-corrected chi connectivity index (χ1v) is 35.6. The number of rotatable bonds is 18. The molecular weight excluding hydrogens is 1360 g/mol. The summed E-state index contributed by atoms with van der Waals surface area (Å²) in [5.41, 5.74) is -4.07. The Morgan fingerprint density at radius 1 is 0.602 bits per heavy atom. The number of ether oxygens (including phenoxy) is 14. The number of carbonyl (C=O) groups is 5. The molecule has 4 saturated carbocycles. The molecule has 5 aliphatic carbocycles. The maximum atomic E-state index is 16.0. The van der Waals surface area contributed by atoms with Crippen LogP contribution < -0.4 is 4.74 Å². The van der Waals surface area contributed by atoms with Crippen molar-refractivity contribution in [2.75, 3.05) is 27.4 Å². The lowest BCUT2D eigenvalue weighted by molar-refractivity contribution is -0.391. The van der Waals surface area contributed by atoms with E-state index in [2.05, 4.69) is 40.7 Å². The minimum Gasteiger partial charge on any atom is -0.497 e. The Labute approximate surface area is 596 Å². The van der Waals surface area contributed by atoms with E-state index in [1.54, 1.807) is 31.2 Å². The highest BCUT2D eigenvalue weighted by Crippen LogP contribution is 2.76. The lowest BCUT2D eigenvalue weighted by Crippen LogP contribution is -2.69. The first-order valence-electron chi connectivity index (χ1n) is 35.6. The van der Waals surface area contributed by atoms with E-state index in [-0.39, 0.29) is 25.2 Å². The summed E-state index contributed by atoms with van der Waals surface area (Å²) in [6, 6.07) is 6.80. The summed E-state index contributed by atoms with van der Waals surface area (Å²) in [7, 11) is 2.53. The first kappa shape index (κ1) is 79.3. The number of esters is 4. The summed E-state index contributed by atoms with van der Waals surface area (Å²) in [5.74, 6) is -4.55. The molecule has 12 N–H and O–H groups in total. The lowest BCUT2D eigenvalue weighted by Gasteiger charge is -2.71. The molecule has 5 aliphatic heterocycles. The van der Waals surface area contributed by atoms with Gasteiger partial charge >= 0.3 is 23.9 Å². The van der Waals surface area contributed by atoms with Crippen LogP contribution in [0, 0.1) is 50.2 Å². The van der Waals surface area contributed by atoms with Crippen LogP contribution in [0.4, 0.5) is 0 Å². The van der Waals surface area contributed by atoms with Gasteiger partial charge in [0.15, 0.2) is 49.6 Å². The van der Waals surface area contributed by atoms with E-state index in [0.29, 0.717) is 49.8 Å². The minimum absolute atomic E-state index is 0.0588. The van der Waals surface area contributed by atoms with Crippen LogP contribution in [-0.2, 0) is 85.6 Å². The molecule has 0 aromatic heterocycles. The van der Waals surface area contributed by atoms with Gasteiger partial charge in [0.2, 0.25) is 6.29 Å². The topological polar surface area (TPSA) is 457 Å². The molecule has 1 aromatic rings. The summed E-state index contributed by atoms with van der Waals surface area (Å²) in [5, 5.41) is 134. The third-order valence-corrected chi connectivity index (χ3v) is 25.2. The van der Waals surface area contributed by atoms with Crippen LogP contribution in [0.2, 0.25) is 0 Å². The van der Waals surface area contributed by atoms with Crippen LogP contribution in [0.3, 0.4) is 0 Å². The molecule has 11 rings (SSSR count). The van der Waals surface area contributed by atoms with E-state index in [1.165, 1.54) is 27.0 Å². The quantitative estimate of drug-likeness (QED) is 0.0223. The van der Waals surface area contributed by atoms with Gasteiger partial charge in [0, 0.05) is 13.0 Å². The zero-order valence-corrected chi connectivity index (χ0v) is 59.8. The highest BCUT2D eigenvalue weighted by Gasteiger charge is 2.73. The van der Waals surface area contributed by atoms with Gasteiger partial charge in [-0.05, 0) is 135 Å². The normalized spacial score (nSPS) is 48.1. The average Bonchev–Trinajstić information content (AvgIpc) is 0.671. The van der Waals surface area contributed by atoms with E-state index in [1.807, 2.05) is 0 Å². The number of fused-ring (bicyclic) bond motifs is 7. The number of benzene rings is 1. The Balaban J connectivity index is 0.894.